The minimum Gasteiger partial charge on any atom is -0.379 e. The molecule has 106 valence electrons. The molecule has 0 aliphatic carbocycles. The van der Waals surface area contributed by atoms with E-state index >= 15 is 0 Å². The second-order valence-electron chi connectivity index (χ2n) is 5.68. The zero-order valence-corrected chi connectivity index (χ0v) is 11.8. The summed E-state index contributed by atoms with van der Waals surface area (Å²) in [4.78, 5) is 12.2. The van der Waals surface area contributed by atoms with E-state index in [0.29, 0.717) is 0 Å². The molecule has 0 spiro atoms. The zero-order chi connectivity index (χ0) is 14.8. The van der Waals surface area contributed by atoms with Crippen LogP contribution in [0.2, 0.25) is 0 Å². The predicted octanol–water partition coefficient (Wildman–Crippen LogP) is 2.17. The van der Waals surface area contributed by atoms with Crippen LogP contribution in [0.4, 0.5) is 5.82 Å². The van der Waals surface area contributed by atoms with Crippen LogP contribution in [0.15, 0.2) is 35.0 Å². The number of aromatic nitrogens is 2. The Hall–Kier alpha value is -2.37. The molecule has 0 fully saturated rings. The SMILES string of the molecule is CC(C)(C)C(NC(=O)c1nonc1N)c1ccccc1. The van der Waals surface area contributed by atoms with E-state index < -0.39 is 5.91 Å². The Morgan fingerprint density at radius 1 is 1.25 bits per heavy atom. The third-order valence-corrected chi connectivity index (χ3v) is 3.00. The molecule has 6 nitrogen and oxygen atoms in total. The average molecular weight is 274 g/mol. The van der Waals surface area contributed by atoms with Gasteiger partial charge >= 0.3 is 0 Å². The molecule has 0 saturated carbocycles. The Labute approximate surface area is 117 Å². The van der Waals surface area contributed by atoms with Crippen molar-refractivity contribution in [3.63, 3.8) is 0 Å². The first kappa shape index (κ1) is 14.0. The highest BCUT2D eigenvalue weighted by atomic mass is 16.6. The van der Waals surface area contributed by atoms with Gasteiger partial charge in [0.1, 0.15) is 0 Å². The molecule has 0 saturated heterocycles. The van der Waals surface area contributed by atoms with E-state index in [4.69, 9.17) is 5.73 Å². The van der Waals surface area contributed by atoms with E-state index in [-0.39, 0.29) is 23.0 Å². The van der Waals surface area contributed by atoms with Crippen molar-refractivity contribution in [2.75, 3.05) is 5.73 Å². The molecular weight excluding hydrogens is 256 g/mol. The van der Waals surface area contributed by atoms with E-state index in [0.717, 1.165) is 5.56 Å². The molecule has 3 N–H and O–H groups in total. The summed E-state index contributed by atoms with van der Waals surface area (Å²) in [6, 6.07) is 9.58. The van der Waals surface area contributed by atoms with Gasteiger partial charge in [-0.15, -0.1) is 0 Å². The minimum absolute atomic E-state index is 0.00943. The Kier molecular flexibility index (Phi) is 3.74. The molecule has 1 heterocycles. The van der Waals surface area contributed by atoms with Crippen LogP contribution in [-0.2, 0) is 0 Å². The first-order chi connectivity index (χ1) is 9.39. The van der Waals surface area contributed by atoms with Crippen LogP contribution < -0.4 is 11.1 Å². The highest BCUT2D eigenvalue weighted by molar-refractivity contribution is 5.96. The summed E-state index contributed by atoms with van der Waals surface area (Å²) in [6.45, 7) is 6.15. The van der Waals surface area contributed by atoms with Crippen molar-refractivity contribution in [1.82, 2.24) is 15.6 Å². The number of amides is 1. The lowest BCUT2D eigenvalue weighted by Crippen LogP contribution is -2.37. The van der Waals surface area contributed by atoms with Crippen LogP contribution in [0.3, 0.4) is 0 Å². The first-order valence-corrected chi connectivity index (χ1v) is 6.33. The third-order valence-electron chi connectivity index (χ3n) is 3.00. The van der Waals surface area contributed by atoms with Gasteiger partial charge in [0.25, 0.3) is 5.91 Å². The number of hydrogen-bond acceptors (Lipinski definition) is 5. The van der Waals surface area contributed by atoms with Crippen molar-refractivity contribution >= 4 is 11.7 Å². The number of nitrogens with zero attached hydrogens (tertiary/aromatic N) is 2. The number of carbonyl (C=O) groups excluding carboxylic acids is 1. The summed E-state index contributed by atoms with van der Waals surface area (Å²) in [5.74, 6) is -0.407. The molecule has 6 heteroatoms. The first-order valence-electron chi connectivity index (χ1n) is 6.33. The molecule has 0 radical (unpaired) electrons. The number of hydrogen-bond donors (Lipinski definition) is 2. The van der Waals surface area contributed by atoms with Gasteiger partial charge in [0.2, 0.25) is 11.5 Å². The van der Waals surface area contributed by atoms with E-state index in [1.54, 1.807) is 0 Å². The predicted molar refractivity (Wildman–Crippen MR) is 74.8 cm³/mol. The molecule has 0 aliphatic rings. The lowest BCUT2D eigenvalue weighted by atomic mass is 9.82. The van der Waals surface area contributed by atoms with Crippen molar-refractivity contribution < 1.29 is 9.42 Å². The fourth-order valence-corrected chi connectivity index (χ4v) is 2.00. The van der Waals surface area contributed by atoms with Crippen LogP contribution in [0.1, 0.15) is 42.9 Å². The van der Waals surface area contributed by atoms with Crippen LogP contribution in [0, 0.1) is 5.41 Å². The second-order valence-corrected chi connectivity index (χ2v) is 5.68. The monoisotopic (exact) mass is 274 g/mol. The van der Waals surface area contributed by atoms with Gasteiger partial charge in [-0.3, -0.25) is 4.79 Å². The van der Waals surface area contributed by atoms with Gasteiger partial charge in [-0.05, 0) is 21.3 Å². The standard InChI is InChI=1S/C14H18N4O2/c1-14(2,3)11(9-7-5-4-6-8-9)16-13(19)10-12(15)18-20-17-10/h4-8,11H,1-3H3,(H2,15,18)(H,16,19). The van der Waals surface area contributed by atoms with Crippen LogP contribution >= 0.6 is 0 Å². The molecule has 0 aliphatic heterocycles. The number of carbonyl (C=O) groups is 1. The van der Waals surface area contributed by atoms with Crippen LogP contribution in [0.5, 0.6) is 0 Å². The van der Waals surface area contributed by atoms with Crippen molar-refractivity contribution in [2.24, 2.45) is 5.41 Å². The number of anilines is 1. The van der Waals surface area contributed by atoms with E-state index in [1.165, 1.54) is 0 Å². The summed E-state index contributed by atoms with van der Waals surface area (Å²) in [5, 5.41) is 9.87. The number of nitrogen functional groups attached to an aromatic ring is 1. The van der Waals surface area contributed by atoms with Crippen LogP contribution in [-0.4, -0.2) is 16.2 Å². The highest BCUT2D eigenvalue weighted by Gasteiger charge is 2.29. The number of benzene rings is 1. The van der Waals surface area contributed by atoms with E-state index in [1.807, 2.05) is 30.3 Å². The van der Waals surface area contributed by atoms with Crippen molar-refractivity contribution in [3.05, 3.63) is 41.6 Å². The zero-order valence-electron chi connectivity index (χ0n) is 11.8. The molecule has 1 amide bonds. The third kappa shape index (κ3) is 2.96. The van der Waals surface area contributed by atoms with Crippen molar-refractivity contribution in [1.29, 1.82) is 0 Å². The Balaban J connectivity index is 2.26. The smallest absolute Gasteiger partial charge is 0.277 e. The Bertz CT molecular complexity index is 587. The maximum absolute atomic E-state index is 12.2. The Morgan fingerprint density at radius 3 is 2.40 bits per heavy atom. The molecular formula is C14H18N4O2. The average Bonchev–Trinajstić information content (AvgIpc) is 2.82. The molecule has 1 unspecified atom stereocenters. The summed E-state index contributed by atoms with van der Waals surface area (Å²) >= 11 is 0. The normalized spacial score (nSPS) is 12.9. The topological polar surface area (TPSA) is 94.0 Å². The number of nitrogens with two attached hydrogens (primary N) is 1. The number of rotatable bonds is 3. The van der Waals surface area contributed by atoms with Gasteiger partial charge in [0.05, 0.1) is 6.04 Å². The van der Waals surface area contributed by atoms with E-state index in [2.05, 4.69) is 41.0 Å². The number of nitrogens with one attached hydrogen (secondary N) is 1. The van der Waals surface area contributed by atoms with Crippen molar-refractivity contribution in [3.8, 4) is 0 Å². The summed E-state index contributed by atoms with van der Waals surface area (Å²) < 4.78 is 4.45. The lowest BCUT2D eigenvalue weighted by Gasteiger charge is -2.31. The molecule has 1 aromatic carbocycles. The van der Waals surface area contributed by atoms with E-state index in [9.17, 15) is 4.79 Å². The van der Waals surface area contributed by atoms with Gasteiger partial charge in [-0.2, -0.15) is 0 Å². The molecule has 1 atom stereocenters. The largest absolute Gasteiger partial charge is 0.379 e. The maximum atomic E-state index is 12.2. The molecule has 0 bridgehead atoms. The molecule has 1 aromatic heterocycles. The van der Waals surface area contributed by atoms with Crippen LogP contribution in [0.25, 0.3) is 0 Å². The Morgan fingerprint density at radius 2 is 1.90 bits per heavy atom. The lowest BCUT2D eigenvalue weighted by molar-refractivity contribution is 0.0892. The fourth-order valence-electron chi connectivity index (χ4n) is 2.00. The maximum Gasteiger partial charge on any atom is 0.277 e. The van der Waals surface area contributed by atoms with Gasteiger partial charge in [0, 0.05) is 0 Å². The van der Waals surface area contributed by atoms with Gasteiger partial charge < -0.3 is 11.1 Å². The van der Waals surface area contributed by atoms with Gasteiger partial charge in [-0.1, -0.05) is 51.1 Å². The minimum atomic E-state index is -0.396. The summed E-state index contributed by atoms with van der Waals surface area (Å²) in [6.07, 6.45) is 0. The van der Waals surface area contributed by atoms with Gasteiger partial charge in [-0.25, -0.2) is 4.63 Å². The summed E-state index contributed by atoms with van der Waals surface area (Å²) in [7, 11) is 0. The quantitative estimate of drug-likeness (QED) is 0.894. The van der Waals surface area contributed by atoms with Crippen molar-refractivity contribution in [2.45, 2.75) is 26.8 Å². The molecule has 2 rings (SSSR count). The second kappa shape index (κ2) is 5.32. The molecule has 2 aromatic rings. The summed E-state index contributed by atoms with van der Waals surface area (Å²) in [5.41, 5.74) is 6.40. The fraction of sp³-hybridized carbons (Fsp3) is 0.357. The molecule has 20 heavy (non-hydrogen) atoms. The van der Waals surface area contributed by atoms with Gasteiger partial charge in [0.15, 0.2) is 0 Å². The highest BCUT2D eigenvalue weighted by Crippen LogP contribution is 2.32.